The Balaban J connectivity index is 1.87. The maximum absolute atomic E-state index is 6.05. The molecule has 2 rings (SSSR count). The minimum absolute atomic E-state index is 0.633. The van der Waals surface area contributed by atoms with Crippen molar-refractivity contribution < 1.29 is 4.74 Å². The summed E-state index contributed by atoms with van der Waals surface area (Å²) in [5, 5.41) is 0.799. The minimum atomic E-state index is 0.633. The first-order valence-electron chi connectivity index (χ1n) is 5.18. The number of hydrogen-bond donors (Lipinski definition) is 0. The molecular formula is C14H12ClO. The van der Waals surface area contributed by atoms with Crippen molar-refractivity contribution in [2.24, 2.45) is 0 Å². The summed E-state index contributed by atoms with van der Waals surface area (Å²) in [4.78, 5) is 0. The lowest BCUT2D eigenvalue weighted by molar-refractivity contribution is 0.322. The van der Waals surface area contributed by atoms with Crippen molar-refractivity contribution in [1.29, 1.82) is 0 Å². The number of ether oxygens (including phenoxy) is 1. The Morgan fingerprint density at radius 2 is 1.81 bits per heavy atom. The van der Waals surface area contributed by atoms with Crippen LogP contribution in [-0.2, 0) is 6.42 Å². The van der Waals surface area contributed by atoms with Crippen molar-refractivity contribution >= 4 is 11.6 Å². The van der Waals surface area contributed by atoms with Gasteiger partial charge in [0, 0.05) is 11.4 Å². The molecule has 16 heavy (non-hydrogen) atoms. The molecule has 0 aliphatic heterocycles. The van der Waals surface area contributed by atoms with E-state index in [1.807, 2.05) is 48.5 Å². The van der Waals surface area contributed by atoms with E-state index in [2.05, 4.69) is 6.07 Å². The molecule has 0 heterocycles. The van der Waals surface area contributed by atoms with E-state index >= 15 is 0 Å². The van der Waals surface area contributed by atoms with Gasteiger partial charge in [0.15, 0.2) is 0 Å². The van der Waals surface area contributed by atoms with Crippen LogP contribution in [0, 0.1) is 6.07 Å². The molecule has 2 heteroatoms. The van der Waals surface area contributed by atoms with Crippen LogP contribution in [0.25, 0.3) is 0 Å². The summed E-state index contributed by atoms with van der Waals surface area (Å²) in [6.07, 6.45) is 0.818. The Hall–Kier alpha value is -1.47. The molecule has 0 N–H and O–H groups in total. The first-order chi connectivity index (χ1) is 7.86. The third-order valence-electron chi connectivity index (χ3n) is 2.29. The van der Waals surface area contributed by atoms with E-state index in [-0.39, 0.29) is 0 Å². The molecule has 1 nitrogen and oxygen atoms in total. The predicted octanol–water partition coefficient (Wildman–Crippen LogP) is 3.76. The second kappa shape index (κ2) is 5.57. The molecule has 2 aromatic rings. The van der Waals surface area contributed by atoms with E-state index in [1.54, 1.807) is 0 Å². The normalized spacial score (nSPS) is 10.1. The zero-order valence-corrected chi connectivity index (χ0v) is 9.58. The van der Waals surface area contributed by atoms with Gasteiger partial charge in [-0.15, -0.1) is 0 Å². The van der Waals surface area contributed by atoms with Gasteiger partial charge in [-0.25, -0.2) is 0 Å². The second-order valence-electron chi connectivity index (χ2n) is 3.43. The third-order valence-corrected chi connectivity index (χ3v) is 2.65. The standard InChI is InChI=1S/C14H12ClO/c15-14-9-5-4-6-12(14)10-11-16-13-7-2-1-3-8-13/h2-9H,10-11H2. The second-order valence-corrected chi connectivity index (χ2v) is 3.83. The van der Waals surface area contributed by atoms with Gasteiger partial charge in [-0.1, -0.05) is 41.9 Å². The largest absolute Gasteiger partial charge is 0.493 e. The van der Waals surface area contributed by atoms with Gasteiger partial charge < -0.3 is 4.74 Å². The van der Waals surface area contributed by atoms with Crippen LogP contribution in [0.15, 0.2) is 48.5 Å². The summed E-state index contributed by atoms with van der Waals surface area (Å²) in [5.41, 5.74) is 1.12. The molecule has 0 amide bonds. The zero-order chi connectivity index (χ0) is 11.2. The van der Waals surface area contributed by atoms with Gasteiger partial charge in [0.1, 0.15) is 5.75 Å². The van der Waals surface area contributed by atoms with Gasteiger partial charge in [-0.2, -0.15) is 0 Å². The highest BCUT2D eigenvalue weighted by atomic mass is 35.5. The molecule has 0 aliphatic rings. The lowest BCUT2D eigenvalue weighted by Crippen LogP contribution is -2.01. The number of benzene rings is 2. The SMILES string of the molecule is Clc1ccccc1CCOc1cc[c]cc1. The van der Waals surface area contributed by atoms with Gasteiger partial charge >= 0.3 is 0 Å². The molecule has 0 saturated heterocycles. The van der Waals surface area contributed by atoms with Gasteiger partial charge in [-0.3, -0.25) is 0 Å². The Morgan fingerprint density at radius 1 is 1.06 bits per heavy atom. The average Bonchev–Trinajstić information content (AvgIpc) is 2.33. The Labute approximate surface area is 101 Å². The molecule has 81 valence electrons. The van der Waals surface area contributed by atoms with Crippen molar-refractivity contribution in [3.05, 3.63) is 65.2 Å². The average molecular weight is 232 g/mol. The molecule has 0 aliphatic carbocycles. The van der Waals surface area contributed by atoms with Crippen LogP contribution in [0.1, 0.15) is 5.56 Å². The van der Waals surface area contributed by atoms with Crippen molar-refractivity contribution in [2.45, 2.75) is 6.42 Å². The van der Waals surface area contributed by atoms with Crippen LogP contribution in [0.4, 0.5) is 0 Å². The Kier molecular flexibility index (Phi) is 3.84. The van der Waals surface area contributed by atoms with E-state index in [4.69, 9.17) is 16.3 Å². The van der Waals surface area contributed by atoms with Crippen LogP contribution in [0.3, 0.4) is 0 Å². The van der Waals surface area contributed by atoms with E-state index in [1.165, 1.54) is 0 Å². The molecule has 1 radical (unpaired) electrons. The fourth-order valence-corrected chi connectivity index (χ4v) is 1.68. The first-order valence-corrected chi connectivity index (χ1v) is 5.56. The monoisotopic (exact) mass is 231 g/mol. The Morgan fingerprint density at radius 3 is 2.56 bits per heavy atom. The number of rotatable bonds is 4. The van der Waals surface area contributed by atoms with Gasteiger partial charge in [0.05, 0.1) is 6.61 Å². The molecule has 0 saturated carbocycles. The molecule has 0 unspecified atom stereocenters. The van der Waals surface area contributed by atoms with Crippen molar-refractivity contribution in [2.75, 3.05) is 6.61 Å². The van der Waals surface area contributed by atoms with Crippen LogP contribution >= 0.6 is 11.6 Å². The van der Waals surface area contributed by atoms with Crippen molar-refractivity contribution in [3.63, 3.8) is 0 Å². The first kappa shape index (κ1) is 11.0. The van der Waals surface area contributed by atoms with Crippen LogP contribution < -0.4 is 4.74 Å². The summed E-state index contributed by atoms with van der Waals surface area (Å²) >= 11 is 6.05. The van der Waals surface area contributed by atoms with E-state index in [9.17, 15) is 0 Å². The van der Waals surface area contributed by atoms with Crippen LogP contribution in [-0.4, -0.2) is 6.61 Å². The highest BCUT2D eigenvalue weighted by molar-refractivity contribution is 6.31. The summed E-state index contributed by atoms with van der Waals surface area (Å²) < 4.78 is 5.59. The zero-order valence-electron chi connectivity index (χ0n) is 8.82. The smallest absolute Gasteiger partial charge is 0.119 e. The van der Waals surface area contributed by atoms with E-state index in [0.29, 0.717) is 6.61 Å². The summed E-state index contributed by atoms with van der Waals surface area (Å²) in [6.45, 7) is 0.633. The molecule has 0 fully saturated rings. The van der Waals surface area contributed by atoms with Crippen molar-refractivity contribution in [3.8, 4) is 5.75 Å². The molecular weight excluding hydrogens is 220 g/mol. The van der Waals surface area contributed by atoms with Crippen molar-refractivity contribution in [1.82, 2.24) is 0 Å². The molecule has 0 atom stereocenters. The third kappa shape index (κ3) is 3.01. The van der Waals surface area contributed by atoms with Gasteiger partial charge in [-0.05, 0) is 29.8 Å². The van der Waals surface area contributed by atoms with E-state index < -0.39 is 0 Å². The highest BCUT2D eigenvalue weighted by Gasteiger charge is 1.99. The minimum Gasteiger partial charge on any atom is -0.493 e. The Bertz CT molecular complexity index is 439. The number of hydrogen-bond acceptors (Lipinski definition) is 1. The fourth-order valence-electron chi connectivity index (χ4n) is 1.45. The molecule has 2 aromatic carbocycles. The number of halogens is 1. The lowest BCUT2D eigenvalue weighted by atomic mass is 10.2. The maximum atomic E-state index is 6.05. The van der Waals surface area contributed by atoms with Crippen LogP contribution in [0.5, 0.6) is 5.75 Å². The lowest BCUT2D eigenvalue weighted by Gasteiger charge is -2.06. The molecule has 0 bridgehead atoms. The van der Waals surface area contributed by atoms with Gasteiger partial charge in [0.25, 0.3) is 0 Å². The molecule has 0 spiro atoms. The summed E-state index contributed by atoms with van der Waals surface area (Å²) in [5.74, 6) is 0.866. The topological polar surface area (TPSA) is 9.23 Å². The molecule has 0 aromatic heterocycles. The van der Waals surface area contributed by atoms with E-state index in [0.717, 1.165) is 22.8 Å². The summed E-state index contributed by atoms with van der Waals surface area (Å²) in [6, 6.07) is 18.2. The van der Waals surface area contributed by atoms with Crippen LogP contribution in [0.2, 0.25) is 5.02 Å². The van der Waals surface area contributed by atoms with Gasteiger partial charge in [0.2, 0.25) is 0 Å². The highest BCUT2D eigenvalue weighted by Crippen LogP contribution is 2.16. The quantitative estimate of drug-likeness (QED) is 0.779. The fraction of sp³-hybridized carbons (Fsp3) is 0.143. The maximum Gasteiger partial charge on any atom is 0.119 e. The predicted molar refractivity (Wildman–Crippen MR) is 65.9 cm³/mol. The summed E-state index contributed by atoms with van der Waals surface area (Å²) in [7, 11) is 0.